The second kappa shape index (κ2) is 9.92. The van der Waals surface area contributed by atoms with E-state index in [0.717, 1.165) is 6.42 Å². The first-order chi connectivity index (χ1) is 9.65. The highest BCUT2D eigenvalue weighted by Crippen LogP contribution is 2.17. The highest BCUT2D eigenvalue weighted by molar-refractivity contribution is 5.24. The molecule has 0 aromatic heterocycles. The molecule has 1 atom stereocenters. The van der Waals surface area contributed by atoms with Crippen LogP contribution in [-0.4, -0.2) is 21.6 Å². The number of aliphatic hydroxyl groups is 3. The van der Waals surface area contributed by atoms with Crippen LogP contribution in [0.3, 0.4) is 0 Å². The molecule has 0 spiro atoms. The molecular weight excluding hydrogens is 252 g/mol. The Kier molecular flexibility index (Phi) is 8.51. The first-order valence-electron chi connectivity index (χ1n) is 7.78. The Hall–Kier alpha value is -0.900. The van der Waals surface area contributed by atoms with Gasteiger partial charge in [0.25, 0.3) is 0 Å². The van der Waals surface area contributed by atoms with Gasteiger partial charge < -0.3 is 15.3 Å². The number of hydrogen-bond acceptors (Lipinski definition) is 3. The van der Waals surface area contributed by atoms with Gasteiger partial charge in [-0.15, -0.1) is 0 Å². The zero-order chi connectivity index (χ0) is 14.8. The van der Waals surface area contributed by atoms with Crippen molar-refractivity contribution >= 4 is 0 Å². The molecule has 3 heteroatoms. The minimum atomic E-state index is -1.72. The average molecular weight is 280 g/mol. The maximum Gasteiger partial charge on any atom is 0.182 e. The van der Waals surface area contributed by atoms with Crippen molar-refractivity contribution in [1.29, 1.82) is 0 Å². The van der Waals surface area contributed by atoms with Crippen LogP contribution >= 0.6 is 0 Å². The first-order valence-corrected chi connectivity index (χ1v) is 7.78. The lowest BCUT2D eigenvalue weighted by molar-refractivity contribution is -0.123. The van der Waals surface area contributed by atoms with E-state index >= 15 is 0 Å². The minimum absolute atomic E-state index is 0.545. The van der Waals surface area contributed by atoms with Crippen LogP contribution in [0.25, 0.3) is 0 Å². The fourth-order valence-electron chi connectivity index (χ4n) is 2.34. The molecule has 3 N–H and O–H groups in total. The Bertz CT molecular complexity index is 346. The van der Waals surface area contributed by atoms with Crippen molar-refractivity contribution in [3.63, 3.8) is 0 Å². The van der Waals surface area contributed by atoms with Crippen LogP contribution in [0, 0.1) is 0 Å². The Balaban J connectivity index is 2.21. The van der Waals surface area contributed by atoms with Crippen molar-refractivity contribution in [3.8, 4) is 0 Å². The van der Waals surface area contributed by atoms with Crippen molar-refractivity contribution in [2.75, 3.05) is 0 Å². The molecule has 0 amide bonds. The Labute approximate surface area is 122 Å². The fraction of sp³-hybridized carbons (Fsp3) is 0.647. The van der Waals surface area contributed by atoms with Crippen LogP contribution < -0.4 is 0 Å². The van der Waals surface area contributed by atoms with Crippen molar-refractivity contribution in [2.24, 2.45) is 0 Å². The summed E-state index contributed by atoms with van der Waals surface area (Å²) in [6.45, 7) is 2.23. The van der Waals surface area contributed by atoms with E-state index in [0.29, 0.717) is 5.56 Å². The van der Waals surface area contributed by atoms with Crippen molar-refractivity contribution < 1.29 is 15.3 Å². The summed E-state index contributed by atoms with van der Waals surface area (Å²) in [6, 6.07) is 7.44. The zero-order valence-electron chi connectivity index (χ0n) is 12.5. The van der Waals surface area contributed by atoms with Gasteiger partial charge in [-0.3, -0.25) is 0 Å². The highest BCUT2D eigenvalue weighted by atomic mass is 16.5. The van der Waals surface area contributed by atoms with Crippen LogP contribution in [0.4, 0.5) is 0 Å². The molecule has 20 heavy (non-hydrogen) atoms. The predicted octanol–water partition coefficient (Wildman–Crippen LogP) is 3.32. The van der Waals surface area contributed by atoms with Gasteiger partial charge in [-0.05, 0) is 24.0 Å². The van der Waals surface area contributed by atoms with E-state index in [9.17, 15) is 5.11 Å². The molecule has 0 saturated carbocycles. The number of aryl methyl sites for hydroxylation is 1. The van der Waals surface area contributed by atoms with E-state index < -0.39 is 12.4 Å². The molecule has 0 aliphatic rings. The van der Waals surface area contributed by atoms with Gasteiger partial charge >= 0.3 is 0 Å². The lowest BCUT2D eigenvalue weighted by Gasteiger charge is -2.13. The average Bonchev–Trinajstić information content (AvgIpc) is 2.46. The van der Waals surface area contributed by atoms with E-state index in [4.69, 9.17) is 10.2 Å². The van der Waals surface area contributed by atoms with Crippen molar-refractivity contribution in [2.45, 2.75) is 70.7 Å². The van der Waals surface area contributed by atoms with Gasteiger partial charge in [-0.25, -0.2) is 0 Å². The van der Waals surface area contributed by atoms with Gasteiger partial charge in [0.05, 0.1) is 0 Å². The van der Waals surface area contributed by atoms with E-state index in [2.05, 4.69) is 6.92 Å². The highest BCUT2D eigenvalue weighted by Gasteiger charge is 2.14. The van der Waals surface area contributed by atoms with E-state index in [1.165, 1.54) is 50.5 Å². The minimum Gasteiger partial charge on any atom is -0.383 e. The summed E-state index contributed by atoms with van der Waals surface area (Å²) in [4.78, 5) is 0. The van der Waals surface area contributed by atoms with Gasteiger partial charge in [0, 0.05) is 0 Å². The molecule has 0 fully saturated rings. The largest absolute Gasteiger partial charge is 0.383 e. The van der Waals surface area contributed by atoms with Crippen LogP contribution in [-0.2, 0) is 6.42 Å². The molecule has 0 heterocycles. The van der Waals surface area contributed by atoms with Crippen LogP contribution in [0.2, 0.25) is 0 Å². The van der Waals surface area contributed by atoms with Crippen LogP contribution in [0.1, 0.15) is 69.1 Å². The Morgan fingerprint density at radius 2 is 1.35 bits per heavy atom. The van der Waals surface area contributed by atoms with E-state index in [1.807, 2.05) is 12.1 Å². The third-order valence-corrected chi connectivity index (χ3v) is 3.67. The quantitative estimate of drug-likeness (QED) is 0.455. The molecule has 114 valence electrons. The SMILES string of the molecule is CCCCCCCCCc1ccc(C(O)C(O)O)cc1. The topological polar surface area (TPSA) is 60.7 Å². The Morgan fingerprint density at radius 3 is 1.90 bits per heavy atom. The third kappa shape index (κ3) is 6.51. The summed E-state index contributed by atoms with van der Waals surface area (Å²) in [5.74, 6) is 0. The standard InChI is InChI=1S/C17H28O3/c1-2-3-4-5-6-7-8-9-14-10-12-15(13-11-14)16(18)17(19)20/h10-13,16-20H,2-9H2,1H3. The zero-order valence-corrected chi connectivity index (χ0v) is 12.5. The normalized spacial score (nSPS) is 12.8. The summed E-state index contributed by atoms with van der Waals surface area (Å²) in [7, 11) is 0. The van der Waals surface area contributed by atoms with E-state index in [1.54, 1.807) is 12.1 Å². The number of hydrogen-bond donors (Lipinski definition) is 3. The summed E-state index contributed by atoms with van der Waals surface area (Å²) in [6.07, 6.45) is 7.22. The predicted molar refractivity (Wildman–Crippen MR) is 81.3 cm³/mol. The first kappa shape index (κ1) is 17.2. The van der Waals surface area contributed by atoms with Gasteiger partial charge in [-0.1, -0.05) is 69.7 Å². The summed E-state index contributed by atoms with van der Waals surface area (Å²) < 4.78 is 0. The van der Waals surface area contributed by atoms with Crippen molar-refractivity contribution in [1.82, 2.24) is 0 Å². The van der Waals surface area contributed by atoms with Gasteiger partial charge in [-0.2, -0.15) is 0 Å². The molecule has 0 aliphatic heterocycles. The molecule has 1 aromatic rings. The van der Waals surface area contributed by atoms with E-state index in [-0.39, 0.29) is 0 Å². The van der Waals surface area contributed by atoms with Gasteiger partial charge in [0.2, 0.25) is 0 Å². The maximum atomic E-state index is 9.51. The molecule has 1 aromatic carbocycles. The molecular formula is C17H28O3. The third-order valence-electron chi connectivity index (χ3n) is 3.67. The van der Waals surface area contributed by atoms with Gasteiger partial charge in [0.15, 0.2) is 6.29 Å². The fourth-order valence-corrected chi connectivity index (χ4v) is 2.34. The lowest BCUT2D eigenvalue weighted by Crippen LogP contribution is -2.16. The number of rotatable bonds is 10. The Morgan fingerprint density at radius 1 is 0.800 bits per heavy atom. The molecule has 1 rings (SSSR count). The summed E-state index contributed by atoms with van der Waals surface area (Å²) in [5.41, 5.74) is 1.78. The lowest BCUT2D eigenvalue weighted by atomic mass is 10.0. The van der Waals surface area contributed by atoms with Crippen LogP contribution in [0.15, 0.2) is 24.3 Å². The molecule has 3 nitrogen and oxygen atoms in total. The molecule has 0 saturated heterocycles. The maximum absolute atomic E-state index is 9.51. The summed E-state index contributed by atoms with van der Waals surface area (Å²) >= 11 is 0. The second-order valence-corrected chi connectivity index (χ2v) is 5.47. The van der Waals surface area contributed by atoms with Crippen molar-refractivity contribution in [3.05, 3.63) is 35.4 Å². The molecule has 0 bridgehead atoms. The smallest absolute Gasteiger partial charge is 0.182 e. The second-order valence-electron chi connectivity index (χ2n) is 5.47. The number of benzene rings is 1. The monoisotopic (exact) mass is 280 g/mol. The molecule has 0 radical (unpaired) electrons. The number of aliphatic hydroxyl groups excluding tert-OH is 2. The number of unbranched alkanes of at least 4 members (excludes halogenated alkanes) is 6. The van der Waals surface area contributed by atoms with Crippen LogP contribution in [0.5, 0.6) is 0 Å². The molecule has 0 aliphatic carbocycles. The van der Waals surface area contributed by atoms with Gasteiger partial charge in [0.1, 0.15) is 6.10 Å². The summed E-state index contributed by atoms with van der Waals surface area (Å²) in [5, 5.41) is 27.3. The molecule has 1 unspecified atom stereocenters.